The number of ether oxygens (including phenoxy) is 2. The fourth-order valence-corrected chi connectivity index (χ4v) is 3.58. The third kappa shape index (κ3) is 4.66. The van der Waals surface area contributed by atoms with E-state index in [9.17, 15) is 10.1 Å². The van der Waals surface area contributed by atoms with E-state index in [0.29, 0.717) is 17.7 Å². The van der Waals surface area contributed by atoms with Crippen molar-refractivity contribution < 1.29 is 14.3 Å². The van der Waals surface area contributed by atoms with Crippen LogP contribution in [0.5, 0.6) is 5.75 Å². The summed E-state index contributed by atoms with van der Waals surface area (Å²) in [7, 11) is 0. The first-order valence-electron chi connectivity index (χ1n) is 9.39. The van der Waals surface area contributed by atoms with E-state index in [-0.39, 0.29) is 12.5 Å². The highest BCUT2D eigenvalue weighted by atomic mass is 16.6. The molecule has 1 aromatic carbocycles. The van der Waals surface area contributed by atoms with Gasteiger partial charge in [-0.1, -0.05) is 19.9 Å². The summed E-state index contributed by atoms with van der Waals surface area (Å²) < 4.78 is 11.2. The summed E-state index contributed by atoms with van der Waals surface area (Å²) in [4.78, 5) is 18.8. The predicted molar refractivity (Wildman–Crippen MR) is 110 cm³/mol. The van der Waals surface area contributed by atoms with Crippen molar-refractivity contribution in [2.75, 3.05) is 6.61 Å². The summed E-state index contributed by atoms with van der Waals surface area (Å²) in [5, 5.41) is 9.63. The third-order valence-electron chi connectivity index (χ3n) is 4.58. The minimum absolute atomic E-state index is 0.0955. The number of nitrogens with one attached hydrogen (secondary N) is 1. The number of carbonyl (C=O) groups is 1. The number of amides is 1. The topological polar surface area (TPSA) is 114 Å². The molecular formula is C22H24N4O3. The molecule has 150 valence electrons. The molecular weight excluding hydrogens is 368 g/mol. The van der Waals surface area contributed by atoms with Gasteiger partial charge in [-0.05, 0) is 49.1 Å². The van der Waals surface area contributed by atoms with Crippen molar-refractivity contribution in [3.8, 4) is 22.9 Å². The predicted octanol–water partition coefficient (Wildman–Crippen LogP) is 4.38. The van der Waals surface area contributed by atoms with Crippen LogP contribution in [0.4, 0.5) is 4.79 Å². The second-order valence-electron chi connectivity index (χ2n) is 7.68. The van der Waals surface area contributed by atoms with Crippen molar-refractivity contribution >= 4 is 17.1 Å². The normalized spacial score (nSPS) is 13.1. The molecule has 1 unspecified atom stereocenters. The Morgan fingerprint density at radius 2 is 2.14 bits per heavy atom. The van der Waals surface area contributed by atoms with Crippen molar-refractivity contribution in [3.05, 3.63) is 48.3 Å². The number of primary amides is 1. The zero-order chi connectivity index (χ0) is 21.0. The first kappa shape index (κ1) is 20.2. The Labute approximate surface area is 169 Å². The van der Waals surface area contributed by atoms with Crippen molar-refractivity contribution in [3.63, 3.8) is 0 Å². The molecule has 3 N–H and O–H groups in total. The number of carbonyl (C=O) groups excluding carboxylic acids is 1. The zero-order valence-electron chi connectivity index (χ0n) is 16.7. The van der Waals surface area contributed by atoms with Gasteiger partial charge < -0.3 is 20.2 Å². The lowest BCUT2D eigenvalue weighted by molar-refractivity contribution is -0.0186. The van der Waals surface area contributed by atoms with Crippen molar-refractivity contribution in [2.24, 2.45) is 11.7 Å². The maximum absolute atomic E-state index is 11.3. The fourth-order valence-electron chi connectivity index (χ4n) is 3.58. The Hall–Kier alpha value is -3.53. The lowest BCUT2D eigenvalue weighted by Gasteiger charge is -2.30. The zero-order valence-corrected chi connectivity index (χ0v) is 16.7. The summed E-state index contributed by atoms with van der Waals surface area (Å²) in [5.41, 5.74) is 8.32. The quantitative estimate of drug-likeness (QED) is 0.619. The van der Waals surface area contributed by atoms with Crippen LogP contribution in [0.1, 0.15) is 32.8 Å². The molecule has 0 fully saturated rings. The van der Waals surface area contributed by atoms with Gasteiger partial charge in [0.2, 0.25) is 0 Å². The second-order valence-corrected chi connectivity index (χ2v) is 7.68. The molecule has 3 rings (SSSR count). The molecule has 0 spiro atoms. The fraction of sp³-hybridized carbons (Fsp3) is 0.318. The maximum atomic E-state index is 11.3. The summed E-state index contributed by atoms with van der Waals surface area (Å²) in [6.07, 6.45) is 3.30. The number of benzene rings is 1. The van der Waals surface area contributed by atoms with Crippen LogP contribution < -0.4 is 10.5 Å². The molecule has 0 aliphatic rings. The number of H-pyrrole nitrogens is 1. The Morgan fingerprint density at radius 1 is 1.34 bits per heavy atom. The number of nitrogens with zero attached hydrogens (tertiary/aromatic N) is 2. The van der Waals surface area contributed by atoms with Gasteiger partial charge >= 0.3 is 6.09 Å². The number of pyridine rings is 1. The Kier molecular flexibility index (Phi) is 5.74. The number of nitriles is 1. The van der Waals surface area contributed by atoms with Crippen LogP contribution in [0.2, 0.25) is 0 Å². The largest absolute Gasteiger partial charge is 0.488 e. The van der Waals surface area contributed by atoms with Crippen molar-refractivity contribution in [1.82, 2.24) is 9.97 Å². The van der Waals surface area contributed by atoms with Gasteiger partial charge in [-0.2, -0.15) is 5.26 Å². The van der Waals surface area contributed by atoms with E-state index in [4.69, 9.17) is 15.2 Å². The molecule has 0 radical (unpaired) electrons. The van der Waals surface area contributed by atoms with Gasteiger partial charge in [0.05, 0.1) is 16.6 Å². The van der Waals surface area contributed by atoms with E-state index < -0.39 is 11.7 Å². The summed E-state index contributed by atoms with van der Waals surface area (Å²) in [6.45, 7) is 5.91. The molecule has 3 aromatic rings. The number of aromatic amines is 1. The van der Waals surface area contributed by atoms with E-state index in [0.717, 1.165) is 22.2 Å². The van der Waals surface area contributed by atoms with Gasteiger partial charge in [-0.3, -0.25) is 4.98 Å². The molecule has 2 aromatic heterocycles. The average molecular weight is 392 g/mol. The number of nitrogens with two attached hydrogens (primary N) is 1. The number of fused-ring (bicyclic) bond motifs is 1. The SMILES string of the molecule is CC(C)CC(C)(COc1ccc(-c2ccnc3cc[nH]c23)cc1C#N)OC(N)=O. The second kappa shape index (κ2) is 8.23. The van der Waals surface area contributed by atoms with E-state index in [1.54, 1.807) is 25.3 Å². The summed E-state index contributed by atoms with van der Waals surface area (Å²) in [6, 6.07) is 11.4. The third-order valence-corrected chi connectivity index (χ3v) is 4.58. The molecule has 0 bridgehead atoms. The highest BCUT2D eigenvalue weighted by Gasteiger charge is 2.30. The highest BCUT2D eigenvalue weighted by molar-refractivity contribution is 5.91. The number of rotatable bonds is 7. The van der Waals surface area contributed by atoms with Gasteiger partial charge in [-0.15, -0.1) is 0 Å². The van der Waals surface area contributed by atoms with Crippen molar-refractivity contribution in [1.29, 1.82) is 5.26 Å². The van der Waals surface area contributed by atoms with Crippen LogP contribution in [0.25, 0.3) is 22.2 Å². The lowest BCUT2D eigenvalue weighted by Crippen LogP contribution is -2.41. The average Bonchev–Trinajstić information content (AvgIpc) is 3.13. The van der Waals surface area contributed by atoms with Crippen LogP contribution in [-0.4, -0.2) is 28.3 Å². The van der Waals surface area contributed by atoms with Crippen LogP contribution in [0.15, 0.2) is 42.7 Å². The molecule has 2 heterocycles. The number of hydrogen-bond acceptors (Lipinski definition) is 5. The van der Waals surface area contributed by atoms with Crippen LogP contribution >= 0.6 is 0 Å². The number of aromatic nitrogens is 2. The van der Waals surface area contributed by atoms with Gasteiger partial charge in [0.1, 0.15) is 24.0 Å². The van der Waals surface area contributed by atoms with Crippen LogP contribution in [-0.2, 0) is 4.74 Å². The Balaban J connectivity index is 1.87. The minimum Gasteiger partial charge on any atom is -0.488 e. The van der Waals surface area contributed by atoms with E-state index >= 15 is 0 Å². The molecule has 1 amide bonds. The maximum Gasteiger partial charge on any atom is 0.405 e. The van der Waals surface area contributed by atoms with Gasteiger partial charge in [0.25, 0.3) is 0 Å². The molecule has 0 saturated carbocycles. The molecule has 29 heavy (non-hydrogen) atoms. The summed E-state index contributed by atoms with van der Waals surface area (Å²) in [5.74, 6) is 0.701. The highest BCUT2D eigenvalue weighted by Crippen LogP contribution is 2.31. The van der Waals surface area contributed by atoms with Gasteiger partial charge in [-0.25, -0.2) is 4.79 Å². The van der Waals surface area contributed by atoms with E-state index in [1.807, 2.05) is 38.2 Å². The van der Waals surface area contributed by atoms with Crippen molar-refractivity contribution in [2.45, 2.75) is 32.8 Å². The van der Waals surface area contributed by atoms with E-state index in [2.05, 4.69) is 16.0 Å². The number of hydrogen-bond donors (Lipinski definition) is 2. The molecule has 1 atom stereocenters. The minimum atomic E-state index is -0.882. The first-order valence-corrected chi connectivity index (χ1v) is 9.39. The Morgan fingerprint density at radius 3 is 2.83 bits per heavy atom. The van der Waals surface area contributed by atoms with Crippen LogP contribution in [0.3, 0.4) is 0 Å². The molecule has 7 nitrogen and oxygen atoms in total. The summed E-state index contributed by atoms with van der Waals surface area (Å²) >= 11 is 0. The lowest BCUT2D eigenvalue weighted by atomic mass is 9.95. The van der Waals surface area contributed by atoms with Crippen LogP contribution in [0, 0.1) is 17.2 Å². The smallest absolute Gasteiger partial charge is 0.405 e. The molecule has 0 aliphatic heterocycles. The molecule has 0 aliphatic carbocycles. The van der Waals surface area contributed by atoms with Gasteiger partial charge in [0, 0.05) is 18.0 Å². The standard InChI is InChI=1S/C22H24N4O3/c1-14(2)11-22(3,29-21(24)27)13-28-19-5-4-15(10-16(19)12-23)17-6-8-25-18-7-9-26-20(17)18/h4-10,14,26H,11,13H2,1-3H3,(H2,24,27). The first-order chi connectivity index (χ1) is 13.8. The molecule has 7 heteroatoms. The molecule has 0 saturated heterocycles. The monoisotopic (exact) mass is 392 g/mol. The Bertz CT molecular complexity index is 1070. The van der Waals surface area contributed by atoms with E-state index in [1.165, 1.54) is 0 Å². The van der Waals surface area contributed by atoms with Gasteiger partial charge in [0.15, 0.2) is 0 Å².